The first-order chi connectivity index (χ1) is 7.52. The zero-order valence-electron chi connectivity index (χ0n) is 8.31. The van der Waals surface area contributed by atoms with E-state index in [0.717, 1.165) is 0 Å². The van der Waals surface area contributed by atoms with Crippen LogP contribution in [0.2, 0.25) is 5.02 Å². The Labute approximate surface area is 97.3 Å². The Bertz CT molecular complexity index is 455. The highest BCUT2D eigenvalue weighted by molar-refractivity contribution is 6.33. The maximum absolute atomic E-state index is 10.9. The van der Waals surface area contributed by atoms with E-state index >= 15 is 0 Å². The lowest BCUT2D eigenvalue weighted by Crippen LogP contribution is -2.08. The molecular formula is C11H10ClNO3. The van der Waals surface area contributed by atoms with E-state index in [-0.39, 0.29) is 17.0 Å². The van der Waals surface area contributed by atoms with Gasteiger partial charge >= 0.3 is 5.97 Å². The summed E-state index contributed by atoms with van der Waals surface area (Å²) < 4.78 is 0. The van der Waals surface area contributed by atoms with Crippen molar-refractivity contribution in [3.8, 4) is 0 Å². The minimum absolute atomic E-state index is 0.0184. The van der Waals surface area contributed by atoms with Crippen molar-refractivity contribution in [2.24, 2.45) is 5.73 Å². The molecule has 0 fully saturated rings. The van der Waals surface area contributed by atoms with E-state index < -0.39 is 11.9 Å². The summed E-state index contributed by atoms with van der Waals surface area (Å²) in [5.74, 6) is -1.58. The van der Waals surface area contributed by atoms with Gasteiger partial charge in [0.25, 0.3) is 0 Å². The summed E-state index contributed by atoms with van der Waals surface area (Å²) in [7, 11) is 0. The van der Waals surface area contributed by atoms with Gasteiger partial charge in [-0.25, -0.2) is 4.79 Å². The van der Waals surface area contributed by atoms with Crippen molar-refractivity contribution >= 4 is 29.6 Å². The van der Waals surface area contributed by atoms with Gasteiger partial charge in [-0.1, -0.05) is 35.9 Å². The number of benzene rings is 1. The summed E-state index contributed by atoms with van der Waals surface area (Å²) in [6.45, 7) is 0. The molecule has 4 nitrogen and oxygen atoms in total. The van der Waals surface area contributed by atoms with Crippen molar-refractivity contribution < 1.29 is 14.7 Å². The minimum atomic E-state index is -1.11. The van der Waals surface area contributed by atoms with Gasteiger partial charge in [0.05, 0.1) is 10.6 Å². The van der Waals surface area contributed by atoms with Gasteiger partial charge in [0.2, 0.25) is 5.91 Å². The van der Waals surface area contributed by atoms with Gasteiger partial charge in [-0.3, -0.25) is 4.79 Å². The largest absolute Gasteiger partial charge is 0.478 e. The average Bonchev–Trinajstić information content (AvgIpc) is 2.16. The molecule has 0 aliphatic heterocycles. The van der Waals surface area contributed by atoms with Crippen LogP contribution in [0.1, 0.15) is 22.3 Å². The first-order valence-corrected chi connectivity index (χ1v) is 4.87. The van der Waals surface area contributed by atoms with Crippen LogP contribution in [-0.4, -0.2) is 17.0 Å². The summed E-state index contributed by atoms with van der Waals surface area (Å²) in [5.41, 5.74) is 5.42. The number of hydrogen-bond donors (Lipinski definition) is 2. The molecular weight excluding hydrogens is 230 g/mol. The predicted molar refractivity (Wildman–Crippen MR) is 61.3 cm³/mol. The van der Waals surface area contributed by atoms with Gasteiger partial charge in [-0.2, -0.15) is 0 Å². The molecule has 0 bridgehead atoms. The number of halogens is 1. The molecule has 84 valence electrons. The number of aromatic carboxylic acids is 1. The summed E-state index contributed by atoms with van der Waals surface area (Å²) in [6, 6.07) is 4.74. The Balaban J connectivity index is 3.04. The first-order valence-electron chi connectivity index (χ1n) is 4.49. The van der Waals surface area contributed by atoms with E-state index in [2.05, 4.69) is 0 Å². The second-order valence-electron chi connectivity index (χ2n) is 3.08. The molecule has 5 heteroatoms. The van der Waals surface area contributed by atoms with E-state index in [1.807, 2.05) is 0 Å². The monoisotopic (exact) mass is 239 g/mol. The van der Waals surface area contributed by atoms with Crippen LogP contribution in [0.3, 0.4) is 0 Å². The van der Waals surface area contributed by atoms with Gasteiger partial charge in [0.1, 0.15) is 0 Å². The lowest BCUT2D eigenvalue weighted by Gasteiger charge is -2.02. The third kappa shape index (κ3) is 3.10. The number of carboxylic acid groups (broad SMARTS) is 1. The molecule has 16 heavy (non-hydrogen) atoms. The molecule has 0 aromatic heterocycles. The van der Waals surface area contributed by atoms with Gasteiger partial charge in [-0.15, -0.1) is 0 Å². The molecule has 0 radical (unpaired) electrons. The van der Waals surface area contributed by atoms with Crippen molar-refractivity contribution in [1.82, 2.24) is 0 Å². The molecule has 0 saturated heterocycles. The molecule has 1 amide bonds. The number of nitrogens with two attached hydrogens (primary N) is 1. The van der Waals surface area contributed by atoms with Crippen molar-refractivity contribution in [3.63, 3.8) is 0 Å². The number of primary amides is 1. The normalized spacial score (nSPS) is 10.6. The molecule has 0 aliphatic rings. The minimum Gasteiger partial charge on any atom is -0.478 e. The molecule has 0 unspecified atom stereocenters. The first kappa shape index (κ1) is 12.3. The van der Waals surface area contributed by atoms with Crippen LogP contribution in [0.4, 0.5) is 0 Å². The fourth-order valence-corrected chi connectivity index (χ4v) is 1.47. The number of amides is 1. The summed E-state index contributed by atoms with van der Waals surface area (Å²) in [5, 5.41) is 9.11. The second kappa shape index (κ2) is 5.32. The van der Waals surface area contributed by atoms with Crippen LogP contribution in [0.15, 0.2) is 24.3 Å². The van der Waals surface area contributed by atoms with Crippen LogP contribution in [-0.2, 0) is 4.79 Å². The maximum Gasteiger partial charge on any atom is 0.337 e. The molecule has 0 spiro atoms. The van der Waals surface area contributed by atoms with Crippen LogP contribution in [0, 0.1) is 0 Å². The van der Waals surface area contributed by atoms with Gasteiger partial charge in [0.15, 0.2) is 0 Å². The zero-order valence-corrected chi connectivity index (χ0v) is 9.07. The van der Waals surface area contributed by atoms with Gasteiger partial charge in [-0.05, 0) is 11.6 Å². The van der Waals surface area contributed by atoms with Crippen molar-refractivity contribution in [3.05, 3.63) is 40.4 Å². The summed E-state index contributed by atoms with van der Waals surface area (Å²) >= 11 is 5.76. The van der Waals surface area contributed by atoms with Crippen LogP contribution >= 0.6 is 11.6 Å². The Morgan fingerprint density at radius 1 is 1.44 bits per heavy atom. The predicted octanol–water partition coefficient (Wildman–Crippen LogP) is 1.93. The van der Waals surface area contributed by atoms with Crippen molar-refractivity contribution in [2.45, 2.75) is 6.42 Å². The number of rotatable bonds is 4. The standard InChI is InChI=1S/C11H10ClNO3/c12-8-5-1-3-7(10(8)11(15)16)4-2-6-9(13)14/h1-5H,6H2,(H2,13,14)(H,15,16). The molecule has 0 atom stereocenters. The van der Waals surface area contributed by atoms with Crippen LogP contribution in [0.5, 0.6) is 0 Å². The van der Waals surface area contributed by atoms with E-state index in [4.69, 9.17) is 22.4 Å². The summed E-state index contributed by atoms with van der Waals surface area (Å²) in [6.07, 6.45) is 3.08. The Kier molecular flexibility index (Phi) is 4.08. The molecule has 1 rings (SSSR count). The Morgan fingerprint density at radius 3 is 2.69 bits per heavy atom. The molecule has 0 heterocycles. The summed E-state index contributed by atoms with van der Waals surface area (Å²) in [4.78, 5) is 21.4. The third-order valence-electron chi connectivity index (χ3n) is 1.88. The van der Waals surface area contributed by atoms with Crippen molar-refractivity contribution in [1.29, 1.82) is 0 Å². The number of carbonyl (C=O) groups is 2. The van der Waals surface area contributed by atoms with Crippen LogP contribution in [0.25, 0.3) is 6.08 Å². The average molecular weight is 240 g/mol. The fourth-order valence-electron chi connectivity index (χ4n) is 1.21. The lowest BCUT2D eigenvalue weighted by molar-refractivity contribution is -0.117. The molecule has 1 aromatic rings. The smallest absolute Gasteiger partial charge is 0.337 e. The number of hydrogen-bond acceptors (Lipinski definition) is 2. The van der Waals surface area contributed by atoms with E-state index in [1.165, 1.54) is 18.2 Å². The highest BCUT2D eigenvalue weighted by Gasteiger charge is 2.11. The van der Waals surface area contributed by atoms with E-state index in [0.29, 0.717) is 5.56 Å². The highest BCUT2D eigenvalue weighted by atomic mass is 35.5. The fraction of sp³-hybridized carbons (Fsp3) is 0.0909. The topological polar surface area (TPSA) is 80.4 Å². The van der Waals surface area contributed by atoms with Crippen molar-refractivity contribution in [2.75, 3.05) is 0 Å². The molecule has 0 aliphatic carbocycles. The zero-order chi connectivity index (χ0) is 12.1. The maximum atomic E-state index is 10.9. The molecule has 0 saturated carbocycles. The SMILES string of the molecule is NC(=O)CC=Cc1cccc(Cl)c1C(=O)O. The van der Waals surface area contributed by atoms with Gasteiger partial charge in [0, 0.05) is 6.42 Å². The van der Waals surface area contributed by atoms with Gasteiger partial charge < -0.3 is 10.8 Å². The molecule has 1 aromatic carbocycles. The molecule has 3 N–H and O–H groups in total. The third-order valence-corrected chi connectivity index (χ3v) is 2.19. The lowest BCUT2D eigenvalue weighted by atomic mass is 10.1. The quantitative estimate of drug-likeness (QED) is 0.842. The number of carbonyl (C=O) groups excluding carboxylic acids is 1. The Morgan fingerprint density at radius 2 is 2.12 bits per heavy atom. The second-order valence-corrected chi connectivity index (χ2v) is 3.49. The Hall–Kier alpha value is -1.81. The number of carboxylic acids is 1. The van der Waals surface area contributed by atoms with E-state index in [9.17, 15) is 9.59 Å². The highest BCUT2D eigenvalue weighted by Crippen LogP contribution is 2.21. The van der Waals surface area contributed by atoms with Crippen LogP contribution < -0.4 is 5.73 Å². The van der Waals surface area contributed by atoms with E-state index in [1.54, 1.807) is 12.1 Å².